The predicted molar refractivity (Wildman–Crippen MR) is 126 cm³/mol. The Labute approximate surface area is 194 Å². The van der Waals surface area contributed by atoms with Gasteiger partial charge in [0.05, 0.1) is 0 Å². The van der Waals surface area contributed by atoms with Gasteiger partial charge in [-0.25, -0.2) is 9.59 Å². The molecule has 2 bridgehead atoms. The number of fused-ring (bicyclic) bond motifs is 6. The number of hydrogen-bond donors (Lipinski definition) is 0. The molecule has 0 aromatic heterocycles. The van der Waals surface area contributed by atoms with Crippen molar-refractivity contribution in [1.82, 2.24) is 0 Å². The Morgan fingerprint density at radius 1 is 0.939 bits per heavy atom. The molecule has 1 fully saturated rings. The standard InChI is InChI=1S/C27H30O6/c1-5-21(28)30-10-12-32-26-19-9-7-8-16(3)23(19)27(33-13-11-31-22(29)6-2)24-18-14-17(4)20(15-18)25(24)26/h5-9,17-18,20H,1-2,10-15H2,3-4H3. The fraction of sp³-hybridized carbons (Fsp3) is 0.407. The van der Waals surface area contributed by atoms with E-state index in [0.717, 1.165) is 52.8 Å². The quantitative estimate of drug-likeness (QED) is 0.289. The highest BCUT2D eigenvalue weighted by atomic mass is 16.6. The summed E-state index contributed by atoms with van der Waals surface area (Å²) in [6.07, 6.45) is 4.49. The summed E-state index contributed by atoms with van der Waals surface area (Å²) >= 11 is 0. The molecule has 0 aliphatic heterocycles. The lowest BCUT2D eigenvalue weighted by Gasteiger charge is -2.28. The Morgan fingerprint density at radius 3 is 2.21 bits per heavy atom. The average molecular weight is 451 g/mol. The van der Waals surface area contributed by atoms with Crippen molar-refractivity contribution in [2.45, 2.75) is 38.5 Å². The summed E-state index contributed by atoms with van der Waals surface area (Å²) in [7, 11) is 0. The molecule has 0 spiro atoms. The molecule has 3 atom stereocenters. The fourth-order valence-corrected chi connectivity index (χ4v) is 5.34. The highest BCUT2D eigenvalue weighted by Crippen LogP contribution is 2.63. The first-order valence-electron chi connectivity index (χ1n) is 11.4. The number of aryl methyl sites for hydroxylation is 1. The first kappa shape index (κ1) is 22.9. The van der Waals surface area contributed by atoms with Crippen molar-refractivity contribution in [3.05, 3.63) is 60.2 Å². The van der Waals surface area contributed by atoms with Gasteiger partial charge in [-0.2, -0.15) is 0 Å². The minimum atomic E-state index is -0.460. The van der Waals surface area contributed by atoms with Crippen molar-refractivity contribution in [2.75, 3.05) is 26.4 Å². The number of benzene rings is 2. The molecule has 174 valence electrons. The minimum Gasteiger partial charge on any atom is -0.489 e. The number of ether oxygens (including phenoxy) is 4. The van der Waals surface area contributed by atoms with E-state index in [1.807, 2.05) is 6.07 Å². The second kappa shape index (κ2) is 9.69. The summed E-state index contributed by atoms with van der Waals surface area (Å²) in [6, 6.07) is 6.13. The van der Waals surface area contributed by atoms with Crippen LogP contribution in [-0.4, -0.2) is 38.4 Å². The van der Waals surface area contributed by atoms with E-state index in [2.05, 4.69) is 39.1 Å². The molecule has 0 amide bonds. The topological polar surface area (TPSA) is 71.1 Å². The Morgan fingerprint density at radius 2 is 1.58 bits per heavy atom. The first-order valence-corrected chi connectivity index (χ1v) is 11.4. The Balaban J connectivity index is 1.72. The summed E-state index contributed by atoms with van der Waals surface area (Å²) in [5.74, 6) is 2.20. The van der Waals surface area contributed by atoms with E-state index in [1.165, 1.54) is 11.1 Å². The highest BCUT2D eigenvalue weighted by molar-refractivity contribution is 5.99. The van der Waals surface area contributed by atoms with Crippen LogP contribution in [0.2, 0.25) is 0 Å². The van der Waals surface area contributed by atoms with Crippen LogP contribution in [0.1, 0.15) is 48.3 Å². The van der Waals surface area contributed by atoms with E-state index in [9.17, 15) is 9.59 Å². The van der Waals surface area contributed by atoms with Crippen LogP contribution >= 0.6 is 0 Å². The smallest absolute Gasteiger partial charge is 0.330 e. The van der Waals surface area contributed by atoms with E-state index < -0.39 is 11.9 Å². The molecule has 2 aromatic rings. The van der Waals surface area contributed by atoms with Gasteiger partial charge in [-0.3, -0.25) is 0 Å². The van der Waals surface area contributed by atoms with E-state index >= 15 is 0 Å². The van der Waals surface area contributed by atoms with Crippen LogP contribution in [0.25, 0.3) is 10.8 Å². The normalized spacial score (nSPS) is 20.2. The molecule has 0 radical (unpaired) electrons. The number of hydrogen-bond acceptors (Lipinski definition) is 6. The van der Waals surface area contributed by atoms with Crippen molar-refractivity contribution >= 4 is 22.7 Å². The van der Waals surface area contributed by atoms with E-state index in [4.69, 9.17) is 18.9 Å². The van der Waals surface area contributed by atoms with Gasteiger partial charge < -0.3 is 18.9 Å². The number of carbonyl (C=O) groups excluding carboxylic acids is 2. The highest BCUT2D eigenvalue weighted by Gasteiger charge is 2.46. The largest absolute Gasteiger partial charge is 0.489 e. The maximum absolute atomic E-state index is 11.4. The summed E-state index contributed by atoms with van der Waals surface area (Å²) in [5, 5.41) is 2.01. The number of carbonyl (C=O) groups is 2. The molecule has 0 N–H and O–H groups in total. The lowest BCUT2D eigenvalue weighted by atomic mass is 9.81. The lowest BCUT2D eigenvalue weighted by molar-refractivity contribution is -0.139. The molecule has 1 saturated carbocycles. The van der Waals surface area contributed by atoms with Crippen molar-refractivity contribution in [3.63, 3.8) is 0 Å². The molecule has 4 rings (SSSR count). The fourth-order valence-electron chi connectivity index (χ4n) is 5.34. The van der Waals surface area contributed by atoms with Gasteiger partial charge in [0.1, 0.15) is 37.9 Å². The molecule has 0 heterocycles. The van der Waals surface area contributed by atoms with E-state index in [1.54, 1.807) is 0 Å². The molecule has 0 saturated heterocycles. The van der Waals surface area contributed by atoms with Crippen molar-refractivity contribution < 1.29 is 28.5 Å². The monoisotopic (exact) mass is 450 g/mol. The van der Waals surface area contributed by atoms with E-state index in [0.29, 0.717) is 17.8 Å². The van der Waals surface area contributed by atoms with Crippen LogP contribution in [-0.2, 0) is 19.1 Å². The van der Waals surface area contributed by atoms with Crippen molar-refractivity contribution in [1.29, 1.82) is 0 Å². The maximum Gasteiger partial charge on any atom is 0.330 e. The van der Waals surface area contributed by atoms with Crippen LogP contribution in [0.15, 0.2) is 43.5 Å². The van der Waals surface area contributed by atoms with Crippen molar-refractivity contribution in [3.8, 4) is 11.5 Å². The zero-order valence-electron chi connectivity index (χ0n) is 19.2. The summed E-state index contributed by atoms with van der Waals surface area (Å²) in [4.78, 5) is 22.8. The van der Waals surface area contributed by atoms with E-state index in [-0.39, 0.29) is 26.4 Å². The SMILES string of the molecule is C=CC(=O)OCCOc1c2c(c(OCCOC(=O)C=C)c3c(C)cccc13)C1CC(C)C2C1. The first-order chi connectivity index (χ1) is 16.0. The van der Waals surface area contributed by atoms with Crippen molar-refractivity contribution in [2.24, 2.45) is 5.92 Å². The van der Waals surface area contributed by atoms with Crippen LogP contribution < -0.4 is 9.47 Å². The Hall–Kier alpha value is -3.28. The molecule has 6 nitrogen and oxygen atoms in total. The van der Waals surface area contributed by atoms with Gasteiger partial charge >= 0.3 is 11.9 Å². The van der Waals surface area contributed by atoms with Gasteiger partial charge in [-0.15, -0.1) is 0 Å². The zero-order chi connectivity index (χ0) is 23.5. The third kappa shape index (κ3) is 4.34. The lowest BCUT2D eigenvalue weighted by Crippen LogP contribution is -2.16. The molecular formula is C27H30O6. The van der Waals surface area contributed by atoms with Gasteiger partial charge in [0.25, 0.3) is 0 Å². The van der Waals surface area contributed by atoms with Crippen LogP contribution in [0.4, 0.5) is 0 Å². The van der Waals surface area contributed by atoms with Crippen LogP contribution in [0, 0.1) is 12.8 Å². The molecule has 2 aromatic carbocycles. The van der Waals surface area contributed by atoms with Crippen LogP contribution in [0.5, 0.6) is 11.5 Å². The molecule has 2 aliphatic rings. The Bertz CT molecular complexity index is 1100. The average Bonchev–Trinajstić information content (AvgIpc) is 3.37. The Kier molecular flexibility index (Phi) is 6.72. The van der Waals surface area contributed by atoms with Gasteiger partial charge in [-0.05, 0) is 43.1 Å². The molecule has 6 heteroatoms. The summed E-state index contributed by atoms with van der Waals surface area (Å²) in [5.41, 5.74) is 3.52. The third-order valence-electron chi connectivity index (χ3n) is 6.67. The third-order valence-corrected chi connectivity index (χ3v) is 6.67. The summed E-state index contributed by atoms with van der Waals surface area (Å²) < 4.78 is 22.8. The minimum absolute atomic E-state index is 0.156. The van der Waals surface area contributed by atoms with Gasteiger partial charge in [0.2, 0.25) is 0 Å². The van der Waals surface area contributed by atoms with Gasteiger partial charge in [0, 0.05) is 34.1 Å². The molecular weight excluding hydrogens is 420 g/mol. The van der Waals surface area contributed by atoms with Gasteiger partial charge in [0.15, 0.2) is 0 Å². The predicted octanol–water partition coefficient (Wildman–Crippen LogP) is 4.97. The molecule has 3 unspecified atom stereocenters. The number of esters is 2. The molecule has 2 aliphatic carbocycles. The van der Waals surface area contributed by atoms with Gasteiger partial charge in [-0.1, -0.05) is 38.3 Å². The zero-order valence-corrected chi connectivity index (χ0v) is 19.2. The second-order valence-electron chi connectivity index (χ2n) is 8.68. The van der Waals surface area contributed by atoms with Crippen LogP contribution in [0.3, 0.4) is 0 Å². The second-order valence-corrected chi connectivity index (χ2v) is 8.68. The maximum atomic E-state index is 11.4. The summed E-state index contributed by atoms with van der Waals surface area (Å²) in [6.45, 7) is 12.0. The number of rotatable bonds is 10. The molecule has 33 heavy (non-hydrogen) atoms.